The molecule has 4 nitrogen and oxygen atoms in total. The molecule has 3 rings (SSSR count). The lowest BCUT2D eigenvalue weighted by atomic mass is 9.96. The largest absolute Gasteiger partial charge is 0.455 e. The van der Waals surface area contributed by atoms with Crippen LogP contribution < -0.4 is 5.32 Å². The van der Waals surface area contributed by atoms with Crippen LogP contribution in [0.5, 0.6) is 0 Å². The van der Waals surface area contributed by atoms with E-state index in [-0.39, 0.29) is 10.7 Å². The van der Waals surface area contributed by atoms with Gasteiger partial charge in [0.15, 0.2) is 6.61 Å². The number of esters is 1. The maximum Gasteiger partial charge on any atom is 0.317 e. The molecule has 1 saturated carbocycles. The van der Waals surface area contributed by atoms with Crippen LogP contribution in [0.25, 0.3) is 0 Å². The molecule has 1 aliphatic carbocycles. The third-order valence-electron chi connectivity index (χ3n) is 4.01. The highest BCUT2D eigenvalue weighted by Gasteiger charge is 2.52. The summed E-state index contributed by atoms with van der Waals surface area (Å²) in [6, 6.07) is 13.0. The molecule has 1 amide bonds. The van der Waals surface area contributed by atoms with Crippen LogP contribution in [0.2, 0.25) is 5.02 Å². The standard InChI is InChI=1S/C18H15ClFNO3/c19-14-10-13(20)6-7-15(14)21-16(22)11-24-17(23)18(8-9-18)12-4-2-1-3-5-12/h1-7,10H,8-9,11H2,(H,21,22). The molecule has 6 heteroatoms. The summed E-state index contributed by atoms with van der Waals surface area (Å²) in [6.07, 6.45) is 1.42. The van der Waals surface area contributed by atoms with Crippen LogP contribution >= 0.6 is 11.6 Å². The van der Waals surface area contributed by atoms with E-state index < -0.39 is 29.7 Å². The Morgan fingerprint density at radius 1 is 1.17 bits per heavy atom. The Bertz CT molecular complexity index is 775. The van der Waals surface area contributed by atoms with Gasteiger partial charge in [-0.1, -0.05) is 41.9 Å². The van der Waals surface area contributed by atoms with Crippen LogP contribution in [-0.2, 0) is 19.7 Å². The fraction of sp³-hybridized carbons (Fsp3) is 0.222. The number of hydrogen-bond acceptors (Lipinski definition) is 3. The highest BCUT2D eigenvalue weighted by molar-refractivity contribution is 6.33. The molecule has 24 heavy (non-hydrogen) atoms. The van der Waals surface area contributed by atoms with E-state index in [0.29, 0.717) is 12.8 Å². The van der Waals surface area contributed by atoms with Crippen molar-refractivity contribution in [3.8, 4) is 0 Å². The van der Waals surface area contributed by atoms with Gasteiger partial charge < -0.3 is 10.1 Å². The molecule has 1 N–H and O–H groups in total. The first-order chi connectivity index (χ1) is 11.5. The van der Waals surface area contributed by atoms with E-state index in [4.69, 9.17) is 16.3 Å². The first-order valence-corrected chi connectivity index (χ1v) is 7.87. The second-order valence-electron chi connectivity index (χ2n) is 5.70. The first kappa shape index (κ1) is 16.5. The van der Waals surface area contributed by atoms with Crippen molar-refractivity contribution in [1.29, 1.82) is 0 Å². The average molecular weight is 348 g/mol. The van der Waals surface area contributed by atoms with Crippen LogP contribution in [0.4, 0.5) is 10.1 Å². The number of carbonyl (C=O) groups is 2. The molecule has 0 atom stereocenters. The Kier molecular flexibility index (Phi) is 4.53. The number of halogens is 2. The van der Waals surface area contributed by atoms with Crippen molar-refractivity contribution in [2.75, 3.05) is 11.9 Å². The minimum absolute atomic E-state index is 0.0811. The maximum absolute atomic E-state index is 13.0. The topological polar surface area (TPSA) is 55.4 Å². The smallest absolute Gasteiger partial charge is 0.317 e. The summed E-state index contributed by atoms with van der Waals surface area (Å²) in [5, 5.41) is 2.57. The van der Waals surface area contributed by atoms with Gasteiger partial charge in [0.25, 0.3) is 5.91 Å². The summed E-state index contributed by atoms with van der Waals surface area (Å²) in [5.41, 5.74) is 0.537. The zero-order chi connectivity index (χ0) is 17.2. The predicted molar refractivity (Wildman–Crippen MR) is 88.4 cm³/mol. The Balaban J connectivity index is 1.58. The first-order valence-electron chi connectivity index (χ1n) is 7.49. The number of rotatable bonds is 5. The fourth-order valence-electron chi connectivity index (χ4n) is 2.54. The van der Waals surface area contributed by atoms with E-state index in [1.54, 1.807) is 0 Å². The van der Waals surface area contributed by atoms with Crippen molar-refractivity contribution < 1.29 is 18.7 Å². The van der Waals surface area contributed by atoms with E-state index >= 15 is 0 Å². The van der Waals surface area contributed by atoms with Crippen molar-refractivity contribution in [2.24, 2.45) is 0 Å². The third-order valence-corrected chi connectivity index (χ3v) is 4.32. The SMILES string of the molecule is O=C(COC(=O)C1(c2ccccc2)CC1)Nc1ccc(F)cc1Cl. The van der Waals surface area contributed by atoms with Gasteiger partial charge in [-0.25, -0.2) is 4.39 Å². The normalized spacial score (nSPS) is 14.8. The number of hydrogen-bond donors (Lipinski definition) is 1. The van der Waals surface area contributed by atoms with E-state index in [2.05, 4.69) is 5.32 Å². The van der Waals surface area contributed by atoms with Crippen LogP contribution in [0, 0.1) is 5.82 Å². The number of amides is 1. The van der Waals surface area contributed by atoms with Crippen LogP contribution in [0.3, 0.4) is 0 Å². The summed E-state index contributed by atoms with van der Waals surface area (Å²) in [7, 11) is 0. The number of nitrogens with one attached hydrogen (secondary N) is 1. The number of carbonyl (C=O) groups excluding carboxylic acids is 2. The number of benzene rings is 2. The van der Waals surface area contributed by atoms with Crippen LogP contribution in [0.1, 0.15) is 18.4 Å². The van der Waals surface area contributed by atoms with E-state index in [1.165, 1.54) is 12.1 Å². The second kappa shape index (κ2) is 6.61. The molecule has 0 bridgehead atoms. The Labute approximate surface area is 143 Å². The zero-order valence-corrected chi connectivity index (χ0v) is 13.5. The molecule has 0 saturated heterocycles. The molecule has 0 aliphatic heterocycles. The van der Waals surface area contributed by atoms with Gasteiger partial charge in [-0.3, -0.25) is 9.59 Å². The lowest BCUT2D eigenvalue weighted by Crippen LogP contribution is -2.28. The minimum Gasteiger partial charge on any atom is -0.455 e. The molecule has 1 fully saturated rings. The Morgan fingerprint density at radius 3 is 2.50 bits per heavy atom. The lowest BCUT2D eigenvalue weighted by molar-refractivity contribution is -0.150. The Morgan fingerprint density at radius 2 is 1.88 bits per heavy atom. The maximum atomic E-state index is 13.0. The van der Waals surface area contributed by atoms with Crippen molar-refractivity contribution in [1.82, 2.24) is 0 Å². The molecule has 124 valence electrons. The van der Waals surface area contributed by atoms with Crippen molar-refractivity contribution in [3.63, 3.8) is 0 Å². The fourth-order valence-corrected chi connectivity index (χ4v) is 2.75. The third kappa shape index (κ3) is 3.41. The molecule has 0 radical (unpaired) electrons. The van der Waals surface area contributed by atoms with E-state index in [9.17, 15) is 14.0 Å². The van der Waals surface area contributed by atoms with Gasteiger partial charge in [-0.15, -0.1) is 0 Å². The molecule has 2 aromatic rings. The number of ether oxygens (including phenoxy) is 1. The van der Waals surface area contributed by atoms with Crippen LogP contribution in [-0.4, -0.2) is 18.5 Å². The average Bonchev–Trinajstić information content (AvgIpc) is 3.38. The highest BCUT2D eigenvalue weighted by Crippen LogP contribution is 2.49. The monoisotopic (exact) mass is 347 g/mol. The predicted octanol–water partition coefficient (Wildman–Crippen LogP) is 3.69. The van der Waals surface area contributed by atoms with Gasteiger partial charge in [-0.2, -0.15) is 0 Å². The molecule has 0 spiro atoms. The van der Waals surface area contributed by atoms with Crippen molar-refractivity contribution in [2.45, 2.75) is 18.3 Å². The summed E-state index contributed by atoms with van der Waals surface area (Å²) < 4.78 is 18.1. The number of anilines is 1. The van der Waals surface area contributed by atoms with Gasteiger partial charge >= 0.3 is 5.97 Å². The molecule has 2 aromatic carbocycles. The van der Waals surface area contributed by atoms with E-state index in [1.807, 2.05) is 30.3 Å². The zero-order valence-electron chi connectivity index (χ0n) is 12.7. The van der Waals surface area contributed by atoms with Gasteiger partial charge in [0.2, 0.25) is 0 Å². The molecule has 0 unspecified atom stereocenters. The minimum atomic E-state index is -0.630. The Hall–Kier alpha value is -2.40. The summed E-state index contributed by atoms with van der Waals surface area (Å²) >= 11 is 5.84. The second-order valence-corrected chi connectivity index (χ2v) is 6.10. The molecular weight excluding hydrogens is 333 g/mol. The van der Waals surface area contributed by atoms with Gasteiger partial charge in [0, 0.05) is 0 Å². The quantitative estimate of drug-likeness (QED) is 0.839. The van der Waals surface area contributed by atoms with Crippen LogP contribution in [0.15, 0.2) is 48.5 Å². The highest BCUT2D eigenvalue weighted by atomic mass is 35.5. The molecule has 0 aromatic heterocycles. The summed E-state index contributed by atoms with van der Waals surface area (Å²) in [4.78, 5) is 24.2. The van der Waals surface area contributed by atoms with Gasteiger partial charge in [0.05, 0.1) is 16.1 Å². The van der Waals surface area contributed by atoms with Gasteiger partial charge in [-0.05, 0) is 36.6 Å². The lowest BCUT2D eigenvalue weighted by Gasteiger charge is -2.15. The summed E-state index contributed by atoms with van der Waals surface area (Å²) in [5.74, 6) is -1.43. The molecular formula is C18H15ClFNO3. The molecule has 1 aliphatic rings. The summed E-state index contributed by atoms with van der Waals surface area (Å²) in [6.45, 7) is -0.416. The van der Waals surface area contributed by atoms with E-state index in [0.717, 1.165) is 11.6 Å². The van der Waals surface area contributed by atoms with Crippen molar-refractivity contribution in [3.05, 3.63) is 64.9 Å². The van der Waals surface area contributed by atoms with Crippen molar-refractivity contribution >= 4 is 29.2 Å². The molecule has 0 heterocycles. The van der Waals surface area contributed by atoms with Gasteiger partial charge in [0.1, 0.15) is 5.82 Å².